The second-order valence-corrected chi connectivity index (χ2v) is 3.77. The molecule has 2 rings (SSSR count). The van der Waals surface area contributed by atoms with Crippen LogP contribution in [0.15, 0.2) is 48.5 Å². The highest BCUT2D eigenvalue weighted by Gasteiger charge is 2.19. The maximum atomic E-state index is 12.2. The van der Waals surface area contributed by atoms with Crippen molar-refractivity contribution in [3.8, 4) is 0 Å². The summed E-state index contributed by atoms with van der Waals surface area (Å²) in [5.41, 5.74) is 6.09. The van der Waals surface area contributed by atoms with E-state index < -0.39 is 5.97 Å². The van der Waals surface area contributed by atoms with Crippen LogP contribution in [-0.4, -0.2) is 16.9 Å². The van der Waals surface area contributed by atoms with Crippen LogP contribution in [0.25, 0.3) is 0 Å². The van der Waals surface area contributed by atoms with Gasteiger partial charge in [0.2, 0.25) is 0 Å². The zero-order valence-electron chi connectivity index (χ0n) is 9.46. The highest BCUT2D eigenvalue weighted by atomic mass is 16.4. The first-order valence-corrected chi connectivity index (χ1v) is 5.33. The number of nitrogens with two attached hydrogens (primary N) is 1. The molecule has 0 radical (unpaired) electrons. The van der Waals surface area contributed by atoms with Crippen LogP contribution in [0, 0.1) is 0 Å². The van der Waals surface area contributed by atoms with Crippen molar-refractivity contribution in [2.45, 2.75) is 0 Å². The zero-order valence-corrected chi connectivity index (χ0v) is 9.46. The van der Waals surface area contributed by atoms with Gasteiger partial charge in [-0.25, -0.2) is 4.79 Å². The lowest BCUT2D eigenvalue weighted by molar-refractivity contribution is 0.0694. The van der Waals surface area contributed by atoms with E-state index in [2.05, 4.69) is 0 Å². The summed E-state index contributed by atoms with van der Waals surface area (Å²) < 4.78 is 0. The molecule has 0 aliphatic rings. The van der Waals surface area contributed by atoms with Crippen LogP contribution in [0.4, 0.5) is 5.69 Å². The second kappa shape index (κ2) is 4.71. The maximum Gasteiger partial charge on any atom is 0.338 e. The molecular weight excluding hydrogens is 230 g/mol. The van der Waals surface area contributed by atoms with Gasteiger partial charge in [-0.15, -0.1) is 0 Å². The first kappa shape index (κ1) is 11.9. The second-order valence-electron chi connectivity index (χ2n) is 3.77. The normalized spacial score (nSPS) is 10.0. The number of aromatic carboxylic acids is 1. The molecular formula is C14H11NO3. The molecule has 2 aromatic rings. The average Bonchev–Trinajstić information content (AvgIpc) is 2.38. The van der Waals surface area contributed by atoms with Crippen molar-refractivity contribution in [2.24, 2.45) is 0 Å². The SMILES string of the molecule is Nc1cccc(C(=O)c2ccccc2)c1C(=O)O. The lowest BCUT2D eigenvalue weighted by Crippen LogP contribution is -2.12. The maximum absolute atomic E-state index is 12.2. The van der Waals surface area contributed by atoms with Crippen LogP contribution in [-0.2, 0) is 0 Å². The molecule has 0 bridgehead atoms. The fourth-order valence-electron chi connectivity index (χ4n) is 1.74. The Kier molecular flexibility index (Phi) is 3.10. The zero-order chi connectivity index (χ0) is 13.1. The van der Waals surface area contributed by atoms with Gasteiger partial charge in [0.1, 0.15) is 0 Å². The molecule has 0 heterocycles. The van der Waals surface area contributed by atoms with Crippen molar-refractivity contribution < 1.29 is 14.7 Å². The highest BCUT2D eigenvalue weighted by molar-refractivity contribution is 6.15. The molecule has 0 spiro atoms. The standard InChI is InChI=1S/C14H11NO3/c15-11-8-4-7-10(12(11)14(17)18)13(16)9-5-2-1-3-6-9/h1-8H,15H2,(H,17,18). The van der Waals surface area contributed by atoms with Gasteiger partial charge >= 0.3 is 5.97 Å². The minimum atomic E-state index is -1.20. The Hall–Kier alpha value is -2.62. The molecule has 2 aromatic carbocycles. The number of carbonyl (C=O) groups excluding carboxylic acids is 1. The van der Waals surface area contributed by atoms with Crippen molar-refractivity contribution in [3.63, 3.8) is 0 Å². The third-order valence-electron chi connectivity index (χ3n) is 2.59. The molecule has 0 aliphatic heterocycles. The van der Waals surface area contributed by atoms with E-state index in [0.717, 1.165) is 0 Å². The van der Waals surface area contributed by atoms with Gasteiger partial charge in [-0.1, -0.05) is 42.5 Å². The first-order valence-electron chi connectivity index (χ1n) is 5.33. The van der Waals surface area contributed by atoms with E-state index in [9.17, 15) is 9.59 Å². The molecule has 18 heavy (non-hydrogen) atoms. The molecule has 0 saturated heterocycles. The molecule has 0 unspecified atom stereocenters. The molecule has 0 amide bonds. The van der Waals surface area contributed by atoms with E-state index in [-0.39, 0.29) is 22.6 Å². The molecule has 0 fully saturated rings. The van der Waals surface area contributed by atoms with Gasteiger partial charge in [-0.3, -0.25) is 4.79 Å². The van der Waals surface area contributed by atoms with Crippen molar-refractivity contribution in [3.05, 3.63) is 65.2 Å². The van der Waals surface area contributed by atoms with Gasteiger partial charge in [0, 0.05) is 16.8 Å². The Bertz CT molecular complexity index is 606. The van der Waals surface area contributed by atoms with Gasteiger partial charge < -0.3 is 10.8 Å². The van der Waals surface area contributed by atoms with Crippen LogP contribution in [0.2, 0.25) is 0 Å². The quantitative estimate of drug-likeness (QED) is 0.637. The molecule has 0 atom stereocenters. The lowest BCUT2D eigenvalue weighted by Gasteiger charge is -2.07. The Morgan fingerprint density at radius 3 is 2.22 bits per heavy atom. The Labute approximate surface area is 104 Å². The Morgan fingerprint density at radius 2 is 1.61 bits per heavy atom. The summed E-state index contributed by atoms with van der Waals surface area (Å²) in [6, 6.07) is 13.0. The molecule has 4 nitrogen and oxygen atoms in total. The summed E-state index contributed by atoms with van der Waals surface area (Å²) in [6.45, 7) is 0. The van der Waals surface area contributed by atoms with Crippen molar-refractivity contribution in [1.29, 1.82) is 0 Å². The van der Waals surface area contributed by atoms with Gasteiger partial charge in [0.15, 0.2) is 5.78 Å². The van der Waals surface area contributed by atoms with E-state index in [1.165, 1.54) is 12.1 Å². The smallest absolute Gasteiger partial charge is 0.338 e. The number of ketones is 1. The summed E-state index contributed by atoms with van der Waals surface area (Å²) in [6.07, 6.45) is 0. The van der Waals surface area contributed by atoms with E-state index >= 15 is 0 Å². The van der Waals surface area contributed by atoms with Crippen LogP contribution in [0.3, 0.4) is 0 Å². The number of hydrogen-bond donors (Lipinski definition) is 2. The van der Waals surface area contributed by atoms with E-state index in [1.54, 1.807) is 36.4 Å². The minimum Gasteiger partial charge on any atom is -0.478 e. The summed E-state index contributed by atoms with van der Waals surface area (Å²) in [4.78, 5) is 23.4. The van der Waals surface area contributed by atoms with Crippen molar-refractivity contribution in [2.75, 3.05) is 5.73 Å². The molecule has 0 aromatic heterocycles. The molecule has 0 saturated carbocycles. The van der Waals surface area contributed by atoms with Crippen molar-refractivity contribution in [1.82, 2.24) is 0 Å². The Balaban J connectivity index is 2.56. The monoisotopic (exact) mass is 241 g/mol. The van der Waals surface area contributed by atoms with E-state index in [4.69, 9.17) is 10.8 Å². The first-order chi connectivity index (χ1) is 8.61. The van der Waals surface area contributed by atoms with Gasteiger partial charge in [-0.05, 0) is 6.07 Å². The predicted molar refractivity (Wildman–Crippen MR) is 67.7 cm³/mol. The Morgan fingerprint density at radius 1 is 0.944 bits per heavy atom. The van der Waals surface area contributed by atoms with Gasteiger partial charge in [0.05, 0.1) is 5.56 Å². The number of benzene rings is 2. The summed E-state index contributed by atoms with van der Waals surface area (Å²) in [5.74, 6) is -1.55. The lowest BCUT2D eigenvalue weighted by atomic mass is 9.97. The number of carbonyl (C=O) groups is 2. The largest absolute Gasteiger partial charge is 0.478 e. The molecule has 90 valence electrons. The average molecular weight is 241 g/mol. The number of carboxylic acids is 1. The van der Waals surface area contributed by atoms with Gasteiger partial charge in [-0.2, -0.15) is 0 Å². The van der Waals surface area contributed by atoms with Crippen LogP contribution in [0.1, 0.15) is 26.3 Å². The number of hydrogen-bond acceptors (Lipinski definition) is 3. The van der Waals surface area contributed by atoms with Crippen LogP contribution >= 0.6 is 0 Å². The summed E-state index contributed by atoms with van der Waals surface area (Å²) >= 11 is 0. The fourth-order valence-corrected chi connectivity index (χ4v) is 1.74. The number of anilines is 1. The van der Waals surface area contributed by atoms with E-state index in [1.807, 2.05) is 0 Å². The number of carboxylic acid groups (broad SMARTS) is 1. The van der Waals surface area contributed by atoms with Crippen LogP contribution < -0.4 is 5.73 Å². The van der Waals surface area contributed by atoms with Crippen LogP contribution in [0.5, 0.6) is 0 Å². The third kappa shape index (κ3) is 2.08. The summed E-state index contributed by atoms with van der Waals surface area (Å²) in [7, 11) is 0. The molecule has 4 heteroatoms. The highest BCUT2D eigenvalue weighted by Crippen LogP contribution is 2.20. The number of nitrogen functional groups attached to an aromatic ring is 1. The van der Waals surface area contributed by atoms with Gasteiger partial charge in [0.25, 0.3) is 0 Å². The third-order valence-corrected chi connectivity index (χ3v) is 2.59. The molecule has 3 N–H and O–H groups in total. The molecule has 0 aliphatic carbocycles. The van der Waals surface area contributed by atoms with Crippen molar-refractivity contribution >= 4 is 17.4 Å². The minimum absolute atomic E-state index is 0.0873. The number of rotatable bonds is 3. The predicted octanol–water partition coefficient (Wildman–Crippen LogP) is 2.20. The fraction of sp³-hybridized carbons (Fsp3) is 0. The summed E-state index contributed by atoms with van der Waals surface area (Å²) in [5, 5.41) is 9.11. The van der Waals surface area contributed by atoms with E-state index in [0.29, 0.717) is 5.56 Å². The topological polar surface area (TPSA) is 80.4 Å².